The number of carbonyl (C=O) groups excluding carboxylic acids is 3. The molecule has 26 heavy (non-hydrogen) atoms. The van der Waals surface area contributed by atoms with Crippen LogP contribution in [-0.4, -0.2) is 48.4 Å². The number of amides is 3. The van der Waals surface area contributed by atoms with Crippen molar-refractivity contribution in [2.24, 2.45) is 0 Å². The number of nitrogens with zero attached hydrogens (tertiary/aromatic N) is 1. The summed E-state index contributed by atoms with van der Waals surface area (Å²) < 4.78 is 5.96. The summed E-state index contributed by atoms with van der Waals surface area (Å²) in [6.45, 7) is 3.04. The number of carbonyl (C=O) groups is 3. The standard InChI is InChI=1S/C19H21N3O4/c23-16-2-1-14(17(24)21-16)22-9-11-7-13-15(8-12(11)18(22)25)26-10-19(13)3-5-20-6-4-19/h7-8,14,20H,1-6,9-10H2,(H,21,23,24)/t14-/m0/s1. The molecule has 4 heterocycles. The van der Waals surface area contributed by atoms with E-state index in [0.717, 1.165) is 37.2 Å². The van der Waals surface area contributed by atoms with E-state index in [4.69, 9.17) is 4.74 Å². The van der Waals surface area contributed by atoms with E-state index in [2.05, 4.69) is 16.7 Å². The summed E-state index contributed by atoms with van der Waals surface area (Å²) in [5, 5.41) is 5.74. The average molecular weight is 355 g/mol. The summed E-state index contributed by atoms with van der Waals surface area (Å²) >= 11 is 0. The van der Waals surface area contributed by atoms with Gasteiger partial charge < -0.3 is 15.0 Å². The van der Waals surface area contributed by atoms with Gasteiger partial charge in [-0.05, 0) is 50.0 Å². The molecule has 2 fully saturated rings. The summed E-state index contributed by atoms with van der Waals surface area (Å²) in [5.74, 6) is 0.0212. The Kier molecular flexibility index (Phi) is 3.37. The molecular formula is C19H21N3O4. The number of rotatable bonds is 1. The van der Waals surface area contributed by atoms with E-state index in [9.17, 15) is 14.4 Å². The average Bonchev–Trinajstić information content (AvgIpc) is 3.13. The van der Waals surface area contributed by atoms with Crippen LogP contribution in [0.25, 0.3) is 0 Å². The minimum absolute atomic E-state index is 0.0424. The molecule has 7 heteroatoms. The van der Waals surface area contributed by atoms with Gasteiger partial charge in [0.25, 0.3) is 5.91 Å². The van der Waals surface area contributed by atoms with Crippen molar-refractivity contribution in [2.45, 2.75) is 43.7 Å². The lowest BCUT2D eigenvalue weighted by Crippen LogP contribution is -2.52. The minimum atomic E-state index is -0.573. The van der Waals surface area contributed by atoms with Gasteiger partial charge in [0, 0.05) is 29.5 Å². The number of fused-ring (bicyclic) bond motifs is 3. The van der Waals surface area contributed by atoms with Crippen LogP contribution in [0.5, 0.6) is 5.75 Å². The van der Waals surface area contributed by atoms with Gasteiger partial charge in [-0.1, -0.05) is 0 Å². The molecule has 136 valence electrons. The third-order valence-corrected chi connectivity index (χ3v) is 6.26. The monoisotopic (exact) mass is 355 g/mol. The van der Waals surface area contributed by atoms with Gasteiger partial charge in [-0.25, -0.2) is 0 Å². The van der Waals surface area contributed by atoms with Gasteiger partial charge in [0.05, 0.1) is 6.61 Å². The number of piperidine rings is 2. The van der Waals surface area contributed by atoms with E-state index in [-0.39, 0.29) is 29.6 Å². The van der Waals surface area contributed by atoms with E-state index < -0.39 is 6.04 Å². The molecule has 4 aliphatic heterocycles. The molecule has 0 saturated carbocycles. The zero-order valence-corrected chi connectivity index (χ0v) is 14.5. The van der Waals surface area contributed by atoms with Gasteiger partial charge in [-0.15, -0.1) is 0 Å². The fourth-order valence-electron chi connectivity index (χ4n) is 4.74. The van der Waals surface area contributed by atoms with Gasteiger partial charge in [0.2, 0.25) is 11.8 Å². The maximum Gasteiger partial charge on any atom is 0.255 e. The molecule has 1 atom stereocenters. The molecule has 5 rings (SSSR count). The van der Waals surface area contributed by atoms with E-state index in [1.807, 2.05) is 6.07 Å². The van der Waals surface area contributed by atoms with Crippen molar-refractivity contribution >= 4 is 17.7 Å². The Morgan fingerprint density at radius 1 is 1.15 bits per heavy atom. The Morgan fingerprint density at radius 2 is 1.96 bits per heavy atom. The molecule has 0 unspecified atom stereocenters. The van der Waals surface area contributed by atoms with Crippen LogP contribution in [0.15, 0.2) is 12.1 Å². The summed E-state index contributed by atoms with van der Waals surface area (Å²) in [7, 11) is 0. The summed E-state index contributed by atoms with van der Waals surface area (Å²) in [6, 6.07) is 3.40. The molecule has 0 aliphatic carbocycles. The minimum Gasteiger partial charge on any atom is -0.492 e. The summed E-state index contributed by atoms with van der Waals surface area (Å²) in [5.41, 5.74) is 2.83. The van der Waals surface area contributed by atoms with Crippen LogP contribution in [0.2, 0.25) is 0 Å². The van der Waals surface area contributed by atoms with E-state index in [0.29, 0.717) is 25.1 Å². The molecule has 2 saturated heterocycles. The van der Waals surface area contributed by atoms with Crippen molar-refractivity contribution < 1.29 is 19.1 Å². The van der Waals surface area contributed by atoms with Crippen LogP contribution in [-0.2, 0) is 21.5 Å². The SMILES string of the molecule is O=C1CC[C@H](N2Cc3cc4c(cc3C2=O)OCC42CCNCC2)C(=O)N1. The molecule has 1 spiro atoms. The highest BCUT2D eigenvalue weighted by molar-refractivity contribution is 6.05. The number of ether oxygens (including phenoxy) is 1. The van der Waals surface area contributed by atoms with Crippen molar-refractivity contribution in [1.82, 2.24) is 15.5 Å². The molecular weight excluding hydrogens is 334 g/mol. The number of imide groups is 1. The fourth-order valence-corrected chi connectivity index (χ4v) is 4.74. The first kappa shape index (κ1) is 15.8. The lowest BCUT2D eigenvalue weighted by Gasteiger charge is -2.32. The smallest absolute Gasteiger partial charge is 0.255 e. The largest absolute Gasteiger partial charge is 0.492 e. The predicted molar refractivity (Wildman–Crippen MR) is 91.8 cm³/mol. The fraction of sp³-hybridized carbons (Fsp3) is 0.526. The number of nitrogens with one attached hydrogen (secondary N) is 2. The van der Waals surface area contributed by atoms with Crippen molar-refractivity contribution in [1.29, 1.82) is 0 Å². The molecule has 3 amide bonds. The second-order valence-electron chi connectivity index (χ2n) is 7.72. The number of benzene rings is 1. The van der Waals surface area contributed by atoms with E-state index in [1.165, 1.54) is 5.56 Å². The van der Waals surface area contributed by atoms with Crippen LogP contribution in [0.1, 0.15) is 47.2 Å². The molecule has 0 aromatic heterocycles. The Balaban J connectivity index is 1.47. The lowest BCUT2D eigenvalue weighted by molar-refractivity contribution is -0.136. The topological polar surface area (TPSA) is 87.7 Å². The van der Waals surface area contributed by atoms with Gasteiger partial charge in [-0.3, -0.25) is 19.7 Å². The summed E-state index contributed by atoms with van der Waals surface area (Å²) in [6.07, 6.45) is 2.72. The van der Waals surface area contributed by atoms with Crippen molar-refractivity contribution in [3.8, 4) is 5.75 Å². The molecule has 0 radical (unpaired) electrons. The van der Waals surface area contributed by atoms with Gasteiger partial charge in [0.15, 0.2) is 0 Å². The molecule has 1 aromatic rings. The molecule has 4 aliphatic rings. The van der Waals surface area contributed by atoms with Crippen LogP contribution < -0.4 is 15.4 Å². The summed E-state index contributed by atoms with van der Waals surface area (Å²) in [4.78, 5) is 38.0. The van der Waals surface area contributed by atoms with Gasteiger partial charge in [-0.2, -0.15) is 0 Å². The zero-order valence-electron chi connectivity index (χ0n) is 14.5. The molecule has 7 nitrogen and oxygen atoms in total. The second-order valence-corrected chi connectivity index (χ2v) is 7.72. The maximum atomic E-state index is 12.9. The first-order valence-electron chi connectivity index (χ1n) is 9.23. The van der Waals surface area contributed by atoms with Crippen molar-refractivity contribution in [3.05, 3.63) is 28.8 Å². The maximum absolute atomic E-state index is 12.9. The van der Waals surface area contributed by atoms with E-state index in [1.54, 1.807) is 4.90 Å². The third kappa shape index (κ3) is 2.19. The molecule has 2 N–H and O–H groups in total. The highest BCUT2D eigenvalue weighted by atomic mass is 16.5. The van der Waals surface area contributed by atoms with Crippen LogP contribution in [0.3, 0.4) is 0 Å². The van der Waals surface area contributed by atoms with Crippen LogP contribution >= 0.6 is 0 Å². The first-order valence-corrected chi connectivity index (χ1v) is 9.23. The van der Waals surface area contributed by atoms with Crippen molar-refractivity contribution in [2.75, 3.05) is 19.7 Å². The molecule has 1 aromatic carbocycles. The van der Waals surface area contributed by atoms with E-state index >= 15 is 0 Å². The van der Waals surface area contributed by atoms with Gasteiger partial charge >= 0.3 is 0 Å². The normalized spacial score (nSPS) is 26.5. The number of hydrogen-bond donors (Lipinski definition) is 2. The zero-order chi connectivity index (χ0) is 17.9. The Hall–Kier alpha value is -2.41. The first-order chi connectivity index (χ1) is 12.6. The number of hydrogen-bond acceptors (Lipinski definition) is 5. The third-order valence-electron chi connectivity index (χ3n) is 6.26. The second kappa shape index (κ2) is 5.54. The lowest BCUT2D eigenvalue weighted by atomic mass is 9.74. The van der Waals surface area contributed by atoms with Crippen molar-refractivity contribution in [3.63, 3.8) is 0 Å². The quantitative estimate of drug-likeness (QED) is 0.715. The highest BCUT2D eigenvalue weighted by Crippen LogP contribution is 2.46. The predicted octanol–water partition coefficient (Wildman–Crippen LogP) is 0.461. The van der Waals surface area contributed by atoms with Crippen LogP contribution in [0, 0.1) is 0 Å². The highest BCUT2D eigenvalue weighted by Gasteiger charge is 2.45. The Morgan fingerprint density at radius 3 is 2.73 bits per heavy atom. The van der Waals surface area contributed by atoms with Crippen LogP contribution in [0.4, 0.5) is 0 Å². The van der Waals surface area contributed by atoms with Gasteiger partial charge in [0.1, 0.15) is 11.8 Å². The Labute approximate surface area is 151 Å². The Bertz CT molecular complexity index is 828. The molecule has 0 bridgehead atoms.